The van der Waals surface area contributed by atoms with E-state index in [2.05, 4.69) is 10.3 Å². The van der Waals surface area contributed by atoms with Crippen LogP contribution in [0.25, 0.3) is 15.9 Å². The molecule has 1 N–H and O–H groups in total. The van der Waals surface area contributed by atoms with Crippen molar-refractivity contribution in [1.29, 1.82) is 0 Å². The first kappa shape index (κ1) is 21.1. The highest BCUT2D eigenvalue weighted by Crippen LogP contribution is 2.27. The van der Waals surface area contributed by atoms with Gasteiger partial charge in [0.15, 0.2) is 5.16 Å². The monoisotopic (exact) mass is 451 g/mol. The highest BCUT2D eigenvalue weighted by molar-refractivity contribution is 7.99. The van der Waals surface area contributed by atoms with Crippen LogP contribution < -0.4 is 15.6 Å². The average Bonchev–Trinajstić information content (AvgIpc) is 3.24. The third-order valence-corrected chi connectivity index (χ3v) is 6.81. The maximum atomic E-state index is 13.3. The molecule has 2 aromatic heterocycles. The third kappa shape index (κ3) is 4.22. The van der Waals surface area contributed by atoms with Gasteiger partial charge in [0.05, 0.1) is 29.8 Å². The normalized spacial score (nSPS) is 10.9. The Morgan fingerprint density at radius 2 is 1.97 bits per heavy atom. The molecule has 1 amide bonds. The van der Waals surface area contributed by atoms with Gasteiger partial charge in [-0.15, -0.1) is 11.3 Å². The van der Waals surface area contributed by atoms with Crippen LogP contribution in [0.3, 0.4) is 0 Å². The van der Waals surface area contributed by atoms with Crippen molar-refractivity contribution in [3.8, 4) is 11.4 Å². The van der Waals surface area contributed by atoms with Gasteiger partial charge in [0.25, 0.3) is 5.56 Å². The molecule has 31 heavy (non-hydrogen) atoms. The van der Waals surface area contributed by atoms with Gasteiger partial charge in [0, 0.05) is 0 Å². The van der Waals surface area contributed by atoms with Gasteiger partial charge in [0.1, 0.15) is 10.4 Å². The highest BCUT2D eigenvalue weighted by atomic mass is 32.2. The summed E-state index contributed by atoms with van der Waals surface area (Å²) < 4.78 is 7.50. The number of thioether (sulfide) groups is 1. The Hall–Kier alpha value is -3.10. The first-order chi connectivity index (χ1) is 15.0. The second kappa shape index (κ2) is 8.95. The number of para-hydroxylation sites is 2. The first-order valence-corrected chi connectivity index (χ1v) is 11.5. The van der Waals surface area contributed by atoms with Crippen molar-refractivity contribution in [3.05, 3.63) is 75.4 Å². The van der Waals surface area contributed by atoms with Crippen LogP contribution in [-0.2, 0) is 4.79 Å². The molecular weight excluding hydrogens is 430 g/mol. The van der Waals surface area contributed by atoms with Crippen LogP contribution in [0.15, 0.2) is 63.9 Å². The number of anilines is 1. The van der Waals surface area contributed by atoms with Crippen molar-refractivity contribution in [2.45, 2.75) is 19.0 Å². The predicted molar refractivity (Wildman–Crippen MR) is 127 cm³/mol. The molecule has 0 unspecified atom stereocenters. The van der Waals surface area contributed by atoms with Crippen molar-refractivity contribution in [2.75, 3.05) is 18.2 Å². The van der Waals surface area contributed by atoms with Crippen LogP contribution in [0, 0.1) is 13.8 Å². The number of carbonyl (C=O) groups excluding carboxylic acids is 1. The molecule has 8 heteroatoms. The Kier molecular flexibility index (Phi) is 6.11. The van der Waals surface area contributed by atoms with E-state index in [4.69, 9.17) is 4.74 Å². The summed E-state index contributed by atoms with van der Waals surface area (Å²) in [5.41, 5.74) is 3.98. The number of aryl methyl sites for hydroxylation is 1. The fraction of sp³-hybridized carbons (Fsp3) is 0.174. The maximum Gasteiger partial charge on any atom is 0.276 e. The zero-order valence-electron chi connectivity index (χ0n) is 17.3. The second-order valence-corrected chi connectivity index (χ2v) is 8.78. The van der Waals surface area contributed by atoms with Gasteiger partial charge in [-0.25, -0.2) is 4.98 Å². The number of ether oxygens (including phenoxy) is 1. The largest absolute Gasteiger partial charge is 0.495 e. The minimum absolute atomic E-state index is 0.102. The predicted octanol–water partition coefficient (Wildman–Crippen LogP) is 4.80. The molecule has 6 nitrogen and oxygen atoms in total. The molecule has 0 fully saturated rings. The molecule has 0 bridgehead atoms. The summed E-state index contributed by atoms with van der Waals surface area (Å²) in [6.45, 7) is 3.99. The summed E-state index contributed by atoms with van der Waals surface area (Å²) in [4.78, 5) is 30.6. The van der Waals surface area contributed by atoms with Crippen molar-refractivity contribution < 1.29 is 9.53 Å². The van der Waals surface area contributed by atoms with E-state index >= 15 is 0 Å². The standard InChI is InChI=1S/C23H21N3O3S2/c1-14-7-6-9-18(15(14)2)26-22(28)21-17(11-12-30-21)25-23(26)31-13-20(27)24-16-8-4-5-10-19(16)29-3/h4-12H,13H2,1-3H3,(H,24,27). The fourth-order valence-corrected chi connectivity index (χ4v) is 4.81. The smallest absolute Gasteiger partial charge is 0.276 e. The van der Waals surface area contributed by atoms with Crippen LogP contribution in [0.1, 0.15) is 11.1 Å². The van der Waals surface area contributed by atoms with E-state index in [1.54, 1.807) is 23.8 Å². The van der Waals surface area contributed by atoms with Gasteiger partial charge in [-0.05, 0) is 54.6 Å². The van der Waals surface area contributed by atoms with Crippen LogP contribution >= 0.6 is 23.1 Å². The molecule has 0 saturated carbocycles. The van der Waals surface area contributed by atoms with E-state index in [0.29, 0.717) is 26.8 Å². The van der Waals surface area contributed by atoms with Crippen LogP contribution in [0.4, 0.5) is 5.69 Å². The van der Waals surface area contributed by atoms with Gasteiger partial charge in [-0.2, -0.15) is 0 Å². The Morgan fingerprint density at radius 3 is 2.77 bits per heavy atom. The zero-order chi connectivity index (χ0) is 22.0. The quantitative estimate of drug-likeness (QED) is 0.337. The van der Waals surface area contributed by atoms with Crippen LogP contribution in [-0.4, -0.2) is 28.3 Å². The number of hydrogen-bond acceptors (Lipinski definition) is 6. The lowest BCUT2D eigenvalue weighted by atomic mass is 10.1. The van der Waals surface area contributed by atoms with Crippen LogP contribution in [0.5, 0.6) is 5.75 Å². The third-order valence-electron chi connectivity index (χ3n) is 4.98. The molecule has 4 rings (SSSR count). The number of aromatic nitrogens is 2. The second-order valence-electron chi connectivity index (χ2n) is 6.93. The molecule has 0 spiro atoms. The molecule has 0 saturated heterocycles. The molecule has 0 aliphatic carbocycles. The number of methoxy groups -OCH3 is 1. The van der Waals surface area contributed by atoms with E-state index in [1.165, 1.54) is 23.1 Å². The van der Waals surface area contributed by atoms with Crippen molar-refractivity contribution >= 4 is 44.9 Å². The summed E-state index contributed by atoms with van der Waals surface area (Å²) in [7, 11) is 1.56. The van der Waals surface area contributed by atoms with E-state index in [9.17, 15) is 9.59 Å². The van der Waals surface area contributed by atoms with Crippen LogP contribution in [0.2, 0.25) is 0 Å². The Labute approximate surface area is 187 Å². The number of rotatable bonds is 6. The van der Waals surface area contributed by atoms with Gasteiger partial charge in [-0.1, -0.05) is 36.0 Å². The number of benzene rings is 2. The Balaban J connectivity index is 1.68. The molecule has 0 radical (unpaired) electrons. The van der Waals surface area contributed by atoms with Crippen molar-refractivity contribution in [2.24, 2.45) is 0 Å². The van der Waals surface area contributed by atoms with Gasteiger partial charge in [0.2, 0.25) is 5.91 Å². The van der Waals surface area contributed by atoms with E-state index in [0.717, 1.165) is 16.8 Å². The number of nitrogens with one attached hydrogen (secondary N) is 1. The van der Waals surface area contributed by atoms with Gasteiger partial charge < -0.3 is 10.1 Å². The lowest BCUT2D eigenvalue weighted by molar-refractivity contribution is -0.113. The minimum Gasteiger partial charge on any atom is -0.495 e. The van der Waals surface area contributed by atoms with E-state index < -0.39 is 0 Å². The maximum absolute atomic E-state index is 13.3. The van der Waals surface area contributed by atoms with Gasteiger partial charge in [-0.3, -0.25) is 14.2 Å². The fourth-order valence-electron chi connectivity index (χ4n) is 3.24. The number of carbonyl (C=O) groups is 1. The molecule has 0 aliphatic rings. The van der Waals surface area contributed by atoms with E-state index in [1.807, 2.05) is 55.6 Å². The van der Waals surface area contributed by atoms with Crippen molar-refractivity contribution in [1.82, 2.24) is 9.55 Å². The lowest BCUT2D eigenvalue weighted by Crippen LogP contribution is -2.23. The zero-order valence-corrected chi connectivity index (χ0v) is 19.0. The van der Waals surface area contributed by atoms with Gasteiger partial charge >= 0.3 is 0 Å². The molecule has 0 aliphatic heterocycles. The van der Waals surface area contributed by atoms with Crippen molar-refractivity contribution in [3.63, 3.8) is 0 Å². The SMILES string of the molecule is COc1ccccc1NC(=O)CSc1nc2ccsc2c(=O)n1-c1cccc(C)c1C. The lowest BCUT2D eigenvalue weighted by Gasteiger charge is -2.15. The minimum atomic E-state index is -0.207. The number of amides is 1. The molecule has 0 atom stereocenters. The number of nitrogens with zero attached hydrogens (tertiary/aromatic N) is 2. The Bertz CT molecular complexity index is 1330. The molecular formula is C23H21N3O3S2. The Morgan fingerprint density at radius 1 is 1.16 bits per heavy atom. The topological polar surface area (TPSA) is 73.2 Å². The molecule has 158 valence electrons. The number of thiophene rings is 1. The first-order valence-electron chi connectivity index (χ1n) is 9.62. The summed E-state index contributed by atoms with van der Waals surface area (Å²) >= 11 is 2.61. The molecule has 2 heterocycles. The number of fused-ring (bicyclic) bond motifs is 1. The molecule has 4 aromatic rings. The summed E-state index contributed by atoms with van der Waals surface area (Å²) in [6, 6.07) is 14.9. The summed E-state index contributed by atoms with van der Waals surface area (Å²) in [5.74, 6) is 0.484. The highest BCUT2D eigenvalue weighted by Gasteiger charge is 2.18. The summed E-state index contributed by atoms with van der Waals surface area (Å²) in [5, 5.41) is 5.20. The average molecular weight is 452 g/mol. The molecule has 2 aromatic carbocycles. The summed E-state index contributed by atoms with van der Waals surface area (Å²) in [6.07, 6.45) is 0. The van der Waals surface area contributed by atoms with E-state index in [-0.39, 0.29) is 17.2 Å². The number of hydrogen-bond donors (Lipinski definition) is 1.